The minimum atomic E-state index is -3.67. The molecule has 0 unspecified atom stereocenters. The third-order valence-electron chi connectivity index (χ3n) is 5.05. The van der Waals surface area contributed by atoms with E-state index in [2.05, 4.69) is 10.3 Å². The van der Waals surface area contributed by atoms with Crippen LogP contribution in [0.5, 0.6) is 0 Å². The predicted octanol–water partition coefficient (Wildman–Crippen LogP) is 5.40. The topological polar surface area (TPSA) is 106 Å². The van der Waals surface area contributed by atoms with Gasteiger partial charge in [0.1, 0.15) is 9.71 Å². The van der Waals surface area contributed by atoms with Crippen LogP contribution in [0.4, 0.5) is 5.13 Å². The highest BCUT2D eigenvalue weighted by molar-refractivity contribution is 7.89. The first-order valence-electron chi connectivity index (χ1n) is 11.4. The monoisotopic (exact) mass is 537 g/mol. The number of nitrogens with zero attached hydrogens (tertiary/aromatic N) is 2. The lowest BCUT2D eigenvalue weighted by Gasteiger charge is -2.25. The number of hydrogen-bond donors (Lipinski definition) is 1. The molecule has 11 heteroatoms. The predicted molar refractivity (Wildman–Crippen MR) is 141 cm³/mol. The number of rotatable bonds is 10. The van der Waals surface area contributed by atoms with Gasteiger partial charge < -0.3 is 4.74 Å². The Kier molecular flexibility index (Phi) is 8.68. The lowest BCUT2D eigenvalue weighted by molar-refractivity contribution is 0.0531. The second-order valence-electron chi connectivity index (χ2n) is 9.02. The number of amides is 1. The number of benzene rings is 1. The van der Waals surface area contributed by atoms with Gasteiger partial charge in [-0.25, -0.2) is 18.2 Å². The third kappa shape index (κ3) is 6.27. The SMILES string of the molecule is CCOC(=O)c1sc2nc(NC(=O)c3ccc(S(=O)(=O)N(CC(C)C)CC(C)C)cc3)sc2c1C. The van der Waals surface area contributed by atoms with Crippen molar-refractivity contribution in [1.29, 1.82) is 0 Å². The zero-order valence-electron chi connectivity index (χ0n) is 20.7. The van der Waals surface area contributed by atoms with E-state index in [1.54, 1.807) is 6.92 Å². The number of nitrogens with one attached hydrogen (secondary N) is 1. The zero-order chi connectivity index (χ0) is 25.9. The van der Waals surface area contributed by atoms with E-state index in [0.29, 0.717) is 40.1 Å². The summed E-state index contributed by atoms with van der Waals surface area (Å²) in [5.74, 6) is -0.377. The van der Waals surface area contributed by atoms with E-state index in [1.165, 1.54) is 51.2 Å². The summed E-state index contributed by atoms with van der Waals surface area (Å²) in [6, 6.07) is 5.94. The molecule has 0 saturated heterocycles. The van der Waals surface area contributed by atoms with Crippen molar-refractivity contribution in [3.8, 4) is 0 Å². The molecule has 3 aromatic rings. The van der Waals surface area contributed by atoms with E-state index in [9.17, 15) is 18.0 Å². The first kappa shape index (κ1) is 27.3. The largest absolute Gasteiger partial charge is 0.462 e. The van der Waals surface area contributed by atoms with Crippen molar-refractivity contribution in [1.82, 2.24) is 9.29 Å². The molecule has 0 saturated carbocycles. The Hall–Kier alpha value is -2.34. The van der Waals surface area contributed by atoms with Gasteiger partial charge in [-0.1, -0.05) is 39.0 Å². The van der Waals surface area contributed by atoms with Crippen LogP contribution in [0.25, 0.3) is 9.53 Å². The van der Waals surface area contributed by atoms with Crippen LogP contribution in [0, 0.1) is 18.8 Å². The number of carbonyl (C=O) groups excluding carboxylic acids is 2. The molecule has 2 aromatic heterocycles. The average molecular weight is 538 g/mol. The van der Waals surface area contributed by atoms with Gasteiger partial charge in [0.25, 0.3) is 5.91 Å². The second kappa shape index (κ2) is 11.2. The summed E-state index contributed by atoms with van der Waals surface area (Å²) in [5.41, 5.74) is 1.11. The number of anilines is 1. The van der Waals surface area contributed by atoms with Gasteiger partial charge in [-0.3, -0.25) is 10.1 Å². The van der Waals surface area contributed by atoms with Gasteiger partial charge in [0, 0.05) is 18.7 Å². The van der Waals surface area contributed by atoms with E-state index in [1.807, 2.05) is 34.6 Å². The Balaban J connectivity index is 1.76. The summed E-state index contributed by atoms with van der Waals surface area (Å²) in [6.07, 6.45) is 0. The van der Waals surface area contributed by atoms with Gasteiger partial charge in [-0.15, -0.1) is 11.3 Å². The van der Waals surface area contributed by atoms with Crippen LogP contribution in [0.3, 0.4) is 0 Å². The molecule has 1 amide bonds. The maximum absolute atomic E-state index is 13.2. The van der Waals surface area contributed by atoms with Crippen LogP contribution >= 0.6 is 22.7 Å². The fourth-order valence-corrected chi connectivity index (χ4v) is 7.49. The Morgan fingerprint density at radius 1 is 1.06 bits per heavy atom. The fourth-order valence-electron chi connectivity index (χ4n) is 3.52. The van der Waals surface area contributed by atoms with E-state index in [4.69, 9.17) is 4.74 Å². The molecule has 1 N–H and O–H groups in total. The van der Waals surface area contributed by atoms with E-state index < -0.39 is 10.0 Å². The first-order valence-corrected chi connectivity index (χ1v) is 14.5. The number of hydrogen-bond acceptors (Lipinski definition) is 8. The van der Waals surface area contributed by atoms with Crippen molar-refractivity contribution in [3.63, 3.8) is 0 Å². The van der Waals surface area contributed by atoms with Crippen molar-refractivity contribution < 1.29 is 22.7 Å². The molecule has 0 aliphatic heterocycles. The minimum absolute atomic E-state index is 0.159. The quantitative estimate of drug-likeness (QED) is 0.347. The molecule has 0 aliphatic rings. The maximum Gasteiger partial charge on any atom is 0.348 e. The van der Waals surface area contributed by atoms with Crippen molar-refractivity contribution >= 4 is 59.2 Å². The number of ether oxygens (including phenoxy) is 1. The van der Waals surface area contributed by atoms with E-state index >= 15 is 0 Å². The number of fused-ring (bicyclic) bond motifs is 1. The third-order valence-corrected chi connectivity index (χ3v) is 9.28. The van der Waals surface area contributed by atoms with Crippen LogP contribution in [-0.4, -0.2) is 49.3 Å². The van der Waals surface area contributed by atoms with Crippen molar-refractivity contribution in [2.24, 2.45) is 11.8 Å². The van der Waals surface area contributed by atoms with Gasteiger partial charge in [-0.2, -0.15) is 4.31 Å². The molecule has 0 spiro atoms. The zero-order valence-corrected chi connectivity index (χ0v) is 23.2. The number of aryl methyl sites for hydroxylation is 1. The summed E-state index contributed by atoms with van der Waals surface area (Å²) in [5, 5.41) is 3.18. The number of sulfonamides is 1. The normalized spacial score (nSPS) is 12.1. The van der Waals surface area contributed by atoms with Crippen LogP contribution in [0.2, 0.25) is 0 Å². The van der Waals surface area contributed by atoms with Gasteiger partial charge in [0.05, 0.1) is 16.2 Å². The van der Waals surface area contributed by atoms with Crippen LogP contribution < -0.4 is 5.32 Å². The lowest BCUT2D eigenvalue weighted by Crippen LogP contribution is -2.37. The average Bonchev–Trinajstić information content (AvgIpc) is 3.31. The van der Waals surface area contributed by atoms with Crippen LogP contribution in [-0.2, 0) is 14.8 Å². The van der Waals surface area contributed by atoms with E-state index in [0.717, 1.165) is 10.3 Å². The Morgan fingerprint density at radius 3 is 2.17 bits per heavy atom. The number of thiazole rings is 1. The Morgan fingerprint density at radius 2 is 1.66 bits per heavy atom. The highest BCUT2D eigenvalue weighted by Gasteiger charge is 2.26. The van der Waals surface area contributed by atoms with Gasteiger partial charge in [0.15, 0.2) is 5.13 Å². The molecule has 0 atom stereocenters. The first-order chi connectivity index (χ1) is 16.4. The molecule has 0 bridgehead atoms. The molecule has 8 nitrogen and oxygen atoms in total. The van der Waals surface area contributed by atoms with Gasteiger partial charge in [-0.05, 0) is 55.5 Å². The van der Waals surface area contributed by atoms with Gasteiger partial charge in [0.2, 0.25) is 10.0 Å². The number of esters is 1. The van der Waals surface area contributed by atoms with Crippen LogP contribution in [0.15, 0.2) is 29.2 Å². The summed E-state index contributed by atoms with van der Waals surface area (Å²) < 4.78 is 33.8. The van der Waals surface area contributed by atoms with Crippen molar-refractivity contribution in [3.05, 3.63) is 40.3 Å². The maximum atomic E-state index is 13.2. The molecule has 0 aliphatic carbocycles. The number of carbonyl (C=O) groups is 2. The molecule has 190 valence electrons. The molecule has 2 heterocycles. The Labute approximate surface area is 214 Å². The van der Waals surface area contributed by atoms with Crippen LogP contribution in [0.1, 0.15) is 60.2 Å². The summed E-state index contributed by atoms with van der Waals surface area (Å²) in [7, 11) is -3.67. The Bertz CT molecular complexity index is 1300. The van der Waals surface area contributed by atoms with Crippen molar-refractivity contribution in [2.75, 3.05) is 25.0 Å². The minimum Gasteiger partial charge on any atom is -0.462 e. The smallest absolute Gasteiger partial charge is 0.348 e. The standard InChI is InChI=1S/C24H31N3O5S3/c1-7-32-23(29)20-16(6)19-22(33-20)26-24(34-19)25-21(28)17-8-10-18(11-9-17)35(30,31)27(12-14(2)3)13-15(4)5/h8-11,14-15H,7,12-13H2,1-6H3,(H,25,26,28). The second-order valence-corrected chi connectivity index (χ2v) is 13.0. The number of aromatic nitrogens is 1. The molecule has 35 heavy (non-hydrogen) atoms. The summed E-state index contributed by atoms with van der Waals surface area (Å²) >= 11 is 2.52. The fraction of sp³-hybridized carbons (Fsp3) is 0.458. The molecular formula is C24H31N3O5S3. The van der Waals surface area contributed by atoms with Gasteiger partial charge >= 0.3 is 5.97 Å². The molecular weight excluding hydrogens is 506 g/mol. The number of thiophene rings is 1. The highest BCUT2D eigenvalue weighted by atomic mass is 32.2. The molecule has 0 fully saturated rings. The van der Waals surface area contributed by atoms with E-state index in [-0.39, 0.29) is 28.6 Å². The molecule has 3 rings (SSSR count). The lowest BCUT2D eigenvalue weighted by atomic mass is 10.2. The molecule has 1 aromatic carbocycles. The summed E-state index contributed by atoms with van der Waals surface area (Å²) in [6.45, 7) is 12.7. The summed E-state index contributed by atoms with van der Waals surface area (Å²) in [4.78, 5) is 30.6. The van der Waals surface area contributed by atoms with Crippen molar-refractivity contribution in [2.45, 2.75) is 46.4 Å². The molecule has 0 radical (unpaired) electrons. The highest BCUT2D eigenvalue weighted by Crippen LogP contribution is 2.37.